The van der Waals surface area contributed by atoms with E-state index in [2.05, 4.69) is 15.9 Å². The van der Waals surface area contributed by atoms with Gasteiger partial charge in [-0.2, -0.15) is 0 Å². The third kappa shape index (κ3) is 2.83. The standard InChI is InChI=1S/C13H16BrFO/c14-10-5-6-12(15)11(8-10)13(16)7-9-3-1-2-4-9/h5-6,8-9,13,16H,1-4,7H2. The van der Waals surface area contributed by atoms with E-state index in [1.54, 1.807) is 12.1 Å². The summed E-state index contributed by atoms with van der Waals surface area (Å²) in [6.07, 6.45) is 4.87. The maximum Gasteiger partial charge on any atom is 0.129 e. The Morgan fingerprint density at radius 1 is 1.38 bits per heavy atom. The predicted octanol–water partition coefficient (Wildman–Crippen LogP) is 4.20. The third-order valence-electron chi connectivity index (χ3n) is 3.35. The SMILES string of the molecule is OC(CC1CCCC1)c1cc(Br)ccc1F. The van der Waals surface area contributed by atoms with Crippen LogP contribution in [0.4, 0.5) is 4.39 Å². The molecule has 16 heavy (non-hydrogen) atoms. The first kappa shape index (κ1) is 12.1. The van der Waals surface area contributed by atoms with Crippen LogP contribution in [0.2, 0.25) is 0 Å². The summed E-state index contributed by atoms with van der Waals surface area (Å²) in [6.45, 7) is 0. The molecular formula is C13H16BrFO. The molecule has 1 aromatic rings. The van der Waals surface area contributed by atoms with Gasteiger partial charge in [-0.1, -0.05) is 41.6 Å². The van der Waals surface area contributed by atoms with Crippen molar-refractivity contribution in [1.29, 1.82) is 0 Å². The molecule has 0 amide bonds. The highest BCUT2D eigenvalue weighted by molar-refractivity contribution is 9.10. The number of halogens is 2. The molecule has 1 saturated carbocycles. The summed E-state index contributed by atoms with van der Waals surface area (Å²) in [7, 11) is 0. The molecule has 1 aromatic carbocycles. The highest BCUT2D eigenvalue weighted by atomic mass is 79.9. The van der Waals surface area contributed by atoms with Crippen LogP contribution in [0.3, 0.4) is 0 Å². The number of aliphatic hydroxyl groups is 1. The fourth-order valence-electron chi connectivity index (χ4n) is 2.46. The molecule has 1 aliphatic carbocycles. The molecule has 1 aliphatic rings. The molecule has 1 unspecified atom stereocenters. The Morgan fingerprint density at radius 3 is 2.75 bits per heavy atom. The maximum atomic E-state index is 13.5. The van der Waals surface area contributed by atoms with Crippen molar-refractivity contribution in [3.8, 4) is 0 Å². The average molecular weight is 287 g/mol. The zero-order valence-electron chi connectivity index (χ0n) is 9.13. The van der Waals surface area contributed by atoms with Crippen molar-refractivity contribution in [2.45, 2.75) is 38.2 Å². The van der Waals surface area contributed by atoms with Gasteiger partial charge in [0.1, 0.15) is 5.82 Å². The zero-order chi connectivity index (χ0) is 11.5. The minimum absolute atomic E-state index is 0.311. The van der Waals surface area contributed by atoms with Gasteiger partial charge in [0.2, 0.25) is 0 Å². The van der Waals surface area contributed by atoms with Crippen LogP contribution < -0.4 is 0 Å². The largest absolute Gasteiger partial charge is 0.388 e. The molecule has 0 spiro atoms. The second kappa shape index (κ2) is 5.28. The molecule has 1 N–H and O–H groups in total. The molecule has 3 heteroatoms. The van der Waals surface area contributed by atoms with Gasteiger partial charge in [0, 0.05) is 10.0 Å². The minimum atomic E-state index is -0.666. The first-order chi connectivity index (χ1) is 7.66. The summed E-state index contributed by atoms with van der Waals surface area (Å²) >= 11 is 3.30. The molecule has 0 aliphatic heterocycles. The topological polar surface area (TPSA) is 20.2 Å². The van der Waals surface area contributed by atoms with Crippen molar-refractivity contribution in [2.75, 3.05) is 0 Å². The monoisotopic (exact) mass is 286 g/mol. The van der Waals surface area contributed by atoms with Crippen molar-refractivity contribution in [3.63, 3.8) is 0 Å². The highest BCUT2D eigenvalue weighted by Gasteiger charge is 2.21. The van der Waals surface area contributed by atoms with Gasteiger partial charge in [-0.3, -0.25) is 0 Å². The van der Waals surface area contributed by atoms with E-state index >= 15 is 0 Å². The number of benzene rings is 1. The van der Waals surface area contributed by atoms with E-state index in [4.69, 9.17) is 0 Å². The molecule has 0 saturated heterocycles. The Hall–Kier alpha value is -0.410. The van der Waals surface area contributed by atoms with Crippen molar-refractivity contribution in [2.24, 2.45) is 5.92 Å². The van der Waals surface area contributed by atoms with Crippen LogP contribution in [0.15, 0.2) is 22.7 Å². The van der Waals surface area contributed by atoms with Gasteiger partial charge < -0.3 is 5.11 Å². The molecule has 1 atom stereocenters. The zero-order valence-corrected chi connectivity index (χ0v) is 10.7. The summed E-state index contributed by atoms with van der Waals surface area (Å²) < 4.78 is 14.3. The third-order valence-corrected chi connectivity index (χ3v) is 3.84. The molecule has 0 heterocycles. The van der Waals surface area contributed by atoms with E-state index in [1.165, 1.54) is 31.7 Å². The van der Waals surface area contributed by atoms with E-state index < -0.39 is 6.10 Å². The van der Waals surface area contributed by atoms with Gasteiger partial charge in [-0.25, -0.2) is 4.39 Å². The molecule has 1 nitrogen and oxygen atoms in total. The molecule has 88 valence electrons. The predicted molar refractivity (Wildman–Crippen MR) is 65.6 cm³/mol. The molecule has 0 bridgehead atoms. The van der Waals surface area contributed by atoms with Crippen LogP contribution in [-0.2, 0) is 0 Å². The van der Waals surface area contributed by atoms with E-state index in [9.17, 15) is 9.50 Å². The number of hydrogen-bond donors (Lipinski definition) is 1. The molecule has 0 radical (unpaired) electrons. The summed E-state index contributed by atoms with van der Waals surface area (Å²) in [4.78, 5) is 0. The first-order valence-corrected chi connectivity index (χ1v) is 6.59. The summed E-state index contributed by atoms with van der Waals surface area (Å²) in [5.74, 6) is 0.252. The Labute approximate surface area is 104 Å². The van der Waals surface area contributed by atoms with E-state index in [0.717, 1.165) is 4.47 Å². The molecule has 2 rings (SSSR count). The number of hydrogen-bond acceptors (Lipinski definition) is 1. The van der Waals surface area contributed by atoms with Gasteiger partial charge in [-0.15, -0.1) is 0 Å². The lowest BCUT2D eigenvalue weighted by atomic mass is 9.95. The van der Waals surface area contributed by atoms with Gasteiger partial charge in [0.15, 0.2) is 0 Å². The van der Waals surface area contributed by atoms with Crippen LogP contribution in [0.5, 0.6) is 0 Å². The lowest BCUT2D eigenvalue weighted by molar-refractivity contribution is 0.140. The van der Waals surface area contributed by atoms with Gasteiger partial charge in [0.25, 0.3) is 0 Å². The molecule has 1 fully saturated rings. The lowest BCUT2D eigenvalue weighted by Gasteiger charge is -2.16. The maximum absolute atomic E-state index is 13.5. The number of aliphatic hydroxyl groups excluding tert-OH is 1. The van der Waals surface area contributed by atoms with Crippen LogP contribution in [0.25, 0.3) is 0 Å². The Balaban J connectivity index is 2.07. The Bertz CT molecular complexity index is 361. The van der Waals surface area contributed by atoms with Crippen molar-refractivity contribution < 1.29 is 9.50 Å². The molecule has 0 aromatic heterocycles. The van der Waals surface area contributed by atoms with E-state index in [-0.39, 0.29) is 5.82 Å². The van der Waals surface area contributed by atoms with Crippen molar-refractivity contribution in [3.05, 3.63) is 34.1 Å². The van der Waals surface area contributed by atoms with E-state index in [0.29, 0.717) is 17.9 Å². The van der Waals surface area contributed by atoms with Crippen LogP contribution in [-0.4, -0.2) is 5.11 Å². The van der Waals surface area contributed by atoms with Crippen LogP contribution in [0.1, 0.15) is 43.8 Å². The second-order valence-electron chi connectivity index (χ2n) is 4.57. The summed E-state index contributed by atoms with van der Waals surface area (Å²) in [5, 5.41) is 10.0. The Morgan fingerprint density at radius 2 is 2.06 bits per heavy atom. The van der Waals surface area contributed by atoms with E-state index in [1.807, 2.05) is 0 Å². The normalized spacial score (nSPS) is 18.9. The van der Waals surface area contributed by atoms with Crippen molar-refractivity contribution in [1.82, 2.24) is 0 Å². The molecular weight excluding hydrogens is 271 g/mol. The quantitative estimate of drug-likeness (QED) is 0.883. The minimum Gasteiger partial charge on any atom is -0.388 e. The van der Waals surface area contributed by atoms with Crippen LogP contribution in [0, 0.1) is 11.7 Å². The average Bonchev–Trinajstić information content (AvgIpc) is 2.74. The first-order valence-electron chi connectivity index (χ1n) is 5.80. The van der Waals surface area contributed by atoms with Gasteiger partial charge in [-0.05, 0) is 30.5 Å². The lowest BCUT2D eigenvalue weighted by Crippen LogP contribution is -2.06. The van der Waals surface area contributed by atoms with Gasteiger partial charge in [0.05, 0.1) is 6.10 Å². The second-order valence-corrected chi connectivity index (χ2v) is 5.48. The smallest absolute Gasteiger partial charge is 0.129 e. The van der Waals surface area contributed by atoms with Crippen LogP contribution >= 0.6 is 15.9 Å². The van der Waals surface area contributed by atoms with Crippen molar-refractivity contribution >= 4 is 15.9 Å². The fraction of sp³-hybridized carbons (Fsp3) is 0.538. The summed E-state index contributed by atoms with van der Waals surface area (Å²) in [5.41, 5.74) is 0.418. The highest BCUT2D eigenvalue weighted by Crippen LogP contribution is 2.34. The Kier molecular flexibility index (Phi) is 3.98. The summed E-state index contributed by atoms with van der Waals surface area (Å²) in [6, 6.07) is 4.73. The fourth-order valence-corrected chi connectivity index (χ4v) is 2.84. The number of rotatable bonds is 3. The van der Waals surface area contributed by atoms with Gasteiger partial charge >= 0.3 is 0 Å².